The summed E-state index contributed by atoms with van der Waals surface area (Å²) >= 11 is 1.87. The zero-order valence-electron chi connectivity index (χ0n) is 11.9. The summed E-state index contributed by atoms with van der Waals surface area (Å²) in [6, 6.07) is 5.38. The molecular formula is C15H19FN2O2S. The fourth-order valence-electron chi connectivity index (χ4n) is 2.22. The van der Waals surface area contributed by atoms with Crippen molar-refractivity contribution >= 4 is 23.6 Å². The molecule has 1 heterocycles. The van der Waals surface area contributed by atoms with Gasteiger partial charge in [0.25, 0.3) is 5.91 Å². The van der Waals surface area contributed by atoms with Crippen molar-refractivity contribution in [3.8, 4) is 0 Å². The fraction of sp³-hybridized carbons (Fsp3) is 0.467. The van der Waals surface area contributed by atoms with Gasteiger partial charge in [-0.25, -0.2) is 4.39 Å². The molecule has 1 aliphatic heterocycles. The van der Waals surface area contributed by atoms with Gasteiger partial charge >= 0.3 is 0 Å². The molecule has 0 unspecified atom stereocenters. The second-order valence-electron chi connectivity index (χ2n) is 5.37. The minimum Gasteiger partial charge on any atom is -0.353 e. The summed E-state index contributed by atoms with van der Waals surface area (Å²) in [5, 5.41) is 5.32. The van der Waals surface area contributed by atoms with Crippen LogP contribution >= 0.6 is 11.8 Å². The van der Waals surface area contributed by atoms with Crippen molar-refractivity contribution in [2.75, 3.05) is 18.8 Å². The second-order valence-corrected chi connectivity index (χ2v) is 7.05. The van der Waals surface area contributed by atoms with E-state index in [9.17, 15) is 14.0 Å². The molecule has 1 aliphatic rings. The third-order valence-electron chi connectivity index (χ3n) is 3.46. The first-order chi connectivity index (χ1) is 9.98. The number of benzene rings is 1. The van der Waals surface area contributed by atoms with Crippen molar-refractivity contribution in [2.24, 2.45) is 0 Å². The Labute approximate surface area is 127 Å². The molecule has 0 aliphatic carbocycles. The summed E-state index contributed by atoms with van der Waals surface area (Å²) in [6.07, 6.45) is 2.26. The maximum absolute atomic E-state index is 13.0. The molecule has 114 valence electrons. The van der Waals surface area contributed by atoms with Crippen molar-refractivity contribution in [1.82, 2.24) is 10.6 Å². The van der Waals surface area contributed by atoms with Crippen LogP contribution in [0.2, 0.25) is 0 Å². The Kier molecular flexibility index (Phi) is 5.22. The van der Waals surface area contributed by atoms with Crippen LogP contribution in [0.25, 0.3) is 0 Å². The van der Waals surface area contributed by atoms with Crippen LogP contribution in [0.15, 0.2) is 24.3 Å². The quantitative estimate of drug-likeness (QED) is 0.874. The third-order valence-corrected chi connectivity index (χ3v) is 4.99. The molecule has 0 saturated carbocycles. The smallest absolute Gasteiger partial charge is 0.251 e. The average Bonchev–Trinajstić information content (AvgIpc) is 2.90. The number of hydrogen-bond donors (Lipinski definition) is 2. The molecule has 2 N–H and O–H groups in total. The number of carbonyl (C=O) groups excluding carboxylic acids is 2. The van der Waals surface area contributed by atoms with E-state index in [1.54, 1.807) is 0 Å². The van der Waals surface area contributed by atoms with Gasteiger partial charge in [-0.1, -0.05) is 6.07 Å². The van der Waals surface area contributed by atoms with Gasteiger partial charge in [0.05, 0.1) is 6.54 Å². The highest BCUT2D eigenvalue weighted by atomic mass is 32.2. The molecule has 21 heavy (non-hydrogen) atoms. The maximum Gasteiger partial charge on any atom is 0.251 e. The molecule has 0 aromatic heterocycles. The molecule has 0 spiro atoms. The normalized spacial score (nSPS) is 21.0. The Morgan fingerprint density at radius 2 is 2.19 bits per heavy atom. The molecule has 0 radical (unpaired) electrons. The molecule has 6 heteroatoms. The van der Waals surface area contributed by atoms with Gasteiger partial charge in [-0.3, -0.25) is 9.59 Å². The zero-order valence-corrected chi connectivity index (χ0v) is 12.8. The Balaban J connectivity index is 1.75. The monoisotopic (exact) mass is 310 g/mol. The van der Waals surface area contributed by atoms with E-state index in [0.717, 1.165) is 18.2 Å². The third kappa shape index (κ3) is 4.74. The summed E-state index contributed by atoms with van der Waals surface area (Å²) < 4.78 is 13.1. The van der Waals surface area contributed by atoms with Crippen molar-refractivity contribution in [2.45, 2.75) is 24.5 Å². The van der Waals surface area contributed by atoms with Gasteiger partial charge in [-0.15, -0.1) is 0 Å². The summed E-state index contributed by atoms with van der Waals surface area (Å²) in [7, 11) is 0. The maximum atomic E-state index is 13.0. The number of hydrogen-bond acceptors (Lipinski definition) is 3. The Morgan fingerprint density at radius 3 is 2.86 bits per heavy atom. The predicted octanol–water partition coefficient (Wildman–Crippen LogP) is 1.96. The van der Waals surface area contributed by atoms with Crippen LogP contribution in [0.1, 0.15) is 30.1 Å². The molecule has 0 bridgehead atoms. The van der Waals surface area contributed by atoms with E-state index in [0.29, 0.717) is 6.54 Å². The molecule has 1 atom stereocenters. The largest absolute Gasteiger partial charge is 0.353 e. The van der Waals surface area contributed by atoms with Crippen LogP contribution < -0.4 is 10.6 Å². The highest BCUT2D eigenvalue weighted by molar-refractivity contribution is 8.00. The van der Waals surface area contributed by atoms with Gasteiger partial charge < -0.3 is 10.6 Å². The lowest BCUT2D eigenvalue weighted by molar-refractivity contribution is -0.120. The molecular weight excluding hydrogens is 291 g/mol. The van der Waals surface area contributed by atoms with E-state index in [-0.39, 0.29) is 22.8 Å². The van der Waals surface area contributed by atoms with Crippen LogP contribution in [0.3, 0.4) is 0 Å². The number of carbonyl (C=O) groups is 2. The molecule has 2 amide bonds. The second kappa shape index (κ2) is 6.93. The zero-order chi connectivity index (χ0) is 15.3. The Morgan fingerprint density at radius 1 is 1.38 bits per heavy atom. The number of halogens is 1. The van der Waals surface area contributed by atoms with Gasteiger partial charge in [0.2, 0.25) is 5.91 Å². The van der Waals surface area contributed by atoms with Crippen molar-refractivity contribution < 1.29 is 14.0 Å². The Bertz CT molecular complexity index is 530. The van der Waals surface area contributed by atoms with Crippen molar-refractivity contribution in [1.29, 1.82) is 0 Å². The van der Waals surface area contributed by atoms with Crippen LogP contribution in [0.4, 0.5) is 4.39 Å². The van der Waals surface area contributed by atoms with Crippen LogP contribution in [-0.4, -0.2) is 35.4 Å². The summed E-state index contributed by atoms with van der Waals surface area (Å²) in [6.45, 7) is 2.64. The van der Waals surface area contributed by atoms with Gasteiger partial charge in [-0.2, -0.15) is 11.8 Å². The van der Waals surface area contributed by atoms with E-state index in [2.05, 4.69) is 17.6 Å². The van der Waals surface area contributed by atoms with Crippen molar-refractivity contribution in [3.63, 3.8) is 0 Å². The topological polar surface area (TPSA) is 58.2 Å². The number of nitrogens with one attached hydrogen (secondary N) is 2. The number of rotatable bonds is 5. The van der Waals surface area contributed by atoms with E-state index in [1.807, 2.05) is 11.8 Å². The molecule has 4 nitrogen and oxygen atoms in total. The SMILES string of the molecule is C[C@@]1(CNC(=O)CNC(=O)c2cccc(F)c2)CCCS1. The lowest BCUT2D eigenvalue weighted by atomic mass is 10.1. The number of amides is 2. The lowest BCUT2D eigenvalue weighted by Gasteiger charge is -2.22. The molecule has 2 rings (SSSR count). The molecule has 1 aromatic carbocycles. The standard InChI is InChI=1S/C15H19FN2O2S/c1-15(6-3-7-21-15)10-18-13(19)9-17-14(20)11-4-2-5-12(16)8-11/h2,4-5,8H,3,6-7,9-10H2,1H3,(H,17,20)(H,18,19)/t15-/m0/s1. The van der Waals surface area contributed by atoms with Crippen LogP contribution in [0, 0.1) is 5.82 Å². The van der Waals surface area contributed by atoms with E-state index < -0.39 is 11.7 Å². The van der Waals surface area contributed by atoms with Gasteiger partial charge in [0.1, 0.15) is 5.82 Å². The van der Waals surface area contributed by atoms with Gasteiger partial charge in [0.15, 0.2) is 0 Å². The van der Waals surface area contributed by atoms with E-state index in [1.165, 1.54) is 24.6 Å². The lowest BCUT2D eigenvalue weighted by Crippen LogP contribution is -2.42. The van der Waals surface area contributed by atoms with Gasteiger partial charge in [-0.05, 0) is 43.7 Å². The van der Waals surface area contributed by atoms with Crippen LogP contribution in [0.5, 0.6) is 0 Å². The molecule has 1 fully saturated rings. The van der Waals surface area contributed by atoms with E-state index >= 15 is 0 Å². The Hall–Kier alpha value is -1.56. The minimum atomic E-state index is -0.474. The highest BCUT2D eigenvalue weighted by Crippen LogP contribution is 2.36. The van der Waals surface area contributed by atoms with E-state index in [4.69, 9.17) is 0 Å². The predicted molar refractivity (Wildman–Crippen MR) is 81.8 cm³/mol. The van der Waals surface area contributed by atoms with Gasteiger partial charge in [0, 0.05) is 16.9 Å². The van der Waals surface area contributed by atoms with Crippen molar-refractivity contribution in [3.05, 3.63) is 35.6 Å². The summed E-state index contributed by atoms with van der Waals surface area (Å²) in [4.78, 5) is 23.5. The number of thioether (sulfide) groups is 1. The average molecular weight is 310 g/mol. The molecule has 1 aromatic rings. The summed E-state index contributed by atoms with van der Waals surface area (Å²) in [5.41, 5.74) is 0.209. The first-order valence-corrected chi connectivity index (χ1v) is 7.91. The first kappa shape index (κ1) is 15.8. The first-order valence-electron chi connectivity index (χ1n) is 6.93. The minimum absolute atomic E-state index is 0.0994. The molecule has 1 saturated heterocycles. The fourth-order valence-corrected chi connectivity index (χ4v) is 3.46. The summed E-state index contributed by atoms with van der Waals surface area (Å²) in [5.74, 6) is -0.0271. The highest BCUT2D eigenvalue weighted by Gasteiger charge is 2.29. The van der Waals surface area contributed by atoms with Crippen LogP contribution in [-0.2, 0) is 4.79 Å².